The Morgan fingerprint density at radius 1 is 1.19 bits per heavy atom. The summed E-state index contributed by atoms with van der Waals surface area (Å²) in [6.07, 6.45) is 0.983. The predicted molar refractivity (Wildman–Crippen MR) is 89.1 cm³/mol. The lowest BCUT2D eigenvalue weighted by Crippen LogP contribution is -2.11. The molecule has 0 aliphatic rings. The van der Waals surface area contributed by atoms with Crippen molar-refractivity contribution in [2.45, 2.75) is 20.3 Å². The van der Waals surface area contributed by atoms with Gasteiger partial charge in [0.15, 0.2) is 0 Å². The van der Waals surface area contributed by atoms with Gasteiger partial charge in [0.05, 0.1) is 5.39 Å². The van der Waals surface area contributed by atoms with Crippen molar-refractivity contribution in [3.63, 3.8) is 0 Å². The number of fused-ring (bicyclic) bond motifs is 1. The number of nitrogen functional groups attached to an aromatic ring is 1. The van der Waals surface area contributed by atoms with E-state index in [4.69, 9.17) is 5.84 Å². The zero-order chi connectivity index (χ0) is 14.8. The third-order valence-electron chi connectivity index (χ3n) is 3.24. The van der Waals surface area contributed by atoms with Crippen molar-refractivity contribution in [2.75, 3.05) is 10.7 Å². The number of thiophene rings is 1. The smallest absolute Gasteiger partial charge is 0.240 e. The molecule has 0 bridgehead atoms. The highest BCUT2D eigenvalue weighted by Crippen LogP contribution is 2.31. The van der Waals surface area contributed by atoms with Gasteiger partial charge in [0.1, 0.15) is 10.6 Å². The van der Waals surface area contributed by atoms with Crippen LogP contribution in [0.1, 0.15) is 17.4 Å². The maximum absolute atomic E-state index is 5.46. The zero-order valence-electron chi connectivity index (χ0n) is 12.0. The second-order valence-corrected chi connectivity index (χ2v) is 5.93. The first-order valence-electron chi connectivity index (χ1n) is 6.80. The quantitative estimate of drug-likeness (QED) is 0.507. The summed E-state index contributed by atoms with van der Waals surface area (Å²) in [5.74, 6) is 6.65. The van der Waals surface area contributed by atoms with Crippen LogP contribution in [0, 0.1) is 6.92 Å². The fourth-order valence-corrected chi connectivity index (χ4v) is 3.05. The first kappa shape index (κ1) is 13.8. The van der Waals surface area contributed by atoms with Gasteiger partial charge in [-0.1, -0.05) is 24.6 Å². The summed E-state index contributed by atoms with van der Waals surface area (Å²) in [7, 11) is 0. The third kappa shape index (κ3) is 2.81. The van der Waals surface area contributed by atoms with Gasteiger partial charge in [-0.05, 0) is 31.5 Å². The molecule has 0 fully saturated rings. The van der Waals surface area contributed by atoms with Crippen LogP contribution in [-0.2, 0) is 6.42 Å². The van der Waals surface area contributed by atoms with E-state index in [9.17, 15) is 0 Å². The molecule has 2 heterocycles. The van der Waals surface area contributed by atoms with E-state index in [2.05, 4.69) is 52.8 Å². The molecule has 108 valence electrons. The fourth-order valence-electron chi connectivity index (χ4n) is 2.08. The molecule has 0 unspecified atom stereocenters. The van der Waals surface area contributed by atoms with E-state index in [0.717, 1.165) is 28.1 Å². The van der Waals surface area contributed by atoms with Gasteiger partial charge >= 0.3 is 0 Å². The lowest BCUT2D eigenvalue weighted by molar-refractivity contribution is 1.16. The van der Waals surface area contributed by atoms with Gasteiger partial charge in [0.25, 0.3) is 0 Å². The van der Waals surface area contributed by atoms with Crippen LogP contribution in [0.3, 0.4) is 0 Å². The molecule has 0 aliphatic heterocycles. The van der Waals surface area contributed by atoms with Gasteiger partial charge < -0.3 is 5.32 Å². The number of rotatable bonds is 4. The molecule has 0 aliphatic carbocycles. The third-order valence-corrected chi connectivity index (χ3v) is 4.41. The van der Waals surface area contributed by atoms with Gasteiger partial charge in [0, 0.05) is 10.6 Å². The van der Waals surface area contributed by atoms with Crippen LogP contribution in [0.15, 0.2) is 30.3 Å². The second kappa shape index (κ2) is 5.67. The van der Waals surface area contributed by atoms with Crippen LogP contribution in [-0.4, -0.2) is 9.97 Å². The number of hydrogen-bond acceptors (Lipinski definition) is 6. The number of hydrogen-bond donors (Lipinski definition) is 3. The number of nitrogens with zero attached hydrogens (tertiary/aromatic N) is 2. The SMILES string of the molecule is CCc1cc2c(Nc3ccc(C)cc3)nc(NN)nc2s1. The Kier molecular flexibility index (Phi) is 3.72. The molecule has 0 atom stereocenters. The van der Waals surface area contributed by atoms with Crippen molar-refractivity contribution in [2.24, 2.45) is 5.84 Å². The number of anilines is 3. The topological polar surface area (TPSA) is 75.9 Å². The molecule has 0 saturated heterocycles. The Morgan fingerprint density at radius 2 is 1.95 bits per heavy atom. The van der Waals surface area contributed by atoms with E-state index < -0.39 is 0 Å². The summed E-state index contributed by atoms with van der Waals surface area (Å²) in [6, 6.07) is 10.3. The number of benzene rings is 1. The van der Waals surface area contributed by atoms with Crippen LogP contribution in [0.5, 0.6) is 0 Å². The first-order valence-corrected chi connectivity index (χ1v) is 7.62. The minimum Gasteiger partial charge on any atom is -0.340 e. The van der Waals surface area contributed by atoms with Crippen LogP contribution in [0.4, 0.5) is 17.5 Å². The average Bonchev–Trinajstić information content (AvgIpc) is 2.92. The van der Waals surface area contributed by atoms with Crippen molar-refractivity contribution in [1.82, 2.24) is 9.97 Å². The minimum absolute atomic E-state index is 0.418. The van der Waals surface area contributed by atoms with E-state index in [1.165, 1.54) is 10.4 Å². The number of nitrogens with one attached hydrogen (secondary N) is 2. The molecule has 1 aromatic carbocycles. The van der Waals surface area contributed by atoms with Crippen LogP contribution >= 0.6 is 11.3 Å². The summed E-state index contributed by atoms with van der Waals surface area (Å²) in [4.78, 5) is 11.1. The van der Waals surface area contributed by atoms with Gasteiger partial charge in [-0.3, -0.25) is 5.43 Å². The summed E-state index contributed by atoms with van der Waals surface area (Å²) < 4.78 is 0. The van der Waals surface area contributed by atoms with Crippen molar-refractivity contribution in [1.29, 1.82) is 0 Å². The highest BCUT2D eigenvalue weighted by molar-refractivity contribution is 7.18. The molecule has 5 nitrogen and oxygen atoms in total. The number of hydrazine groups is 1. The van der Waals surface area contributed by atoms with E-state index in [0.29, 0.717) is 5.95 Å². The maximum atomic E-state index is 5.46. The van der Waals surface area contributed by atoms with E-state index in [-0.39, 0.29) is 0 Å². The van der Waals surface area contributed by atoms with Crippen LogP contribution in [0.2, 0.25) is 0 Å². The minimum atomic E-state index is 0.418. The van der Waals surface area contributed by atoms with Crippen LogP contribution in [0.25, 0.3) is 10.2 Å². The van der Waals surface area contributed by atoms with Gasteiger partial charge in [0.2, 0.25) is 5.95 Å². The molecule has 6 heteroatoms. The van der Waals surface area contributed by atoms with Gasteiger partial charge in [-0.25, -0.2) is 10.8 Å². The predicted octanol–water partition coefficient (Wildman–Crippen LogP) is 3.59. The molecular weight excluding hydrogens is 282 g/mol. The Morgan fingerprint density at radius 3 is 2.62 bits per heavy atom. The summed E-state index contributed by atoms with van der Waals surface area (Å²) in [5, 5.41) is 4.37. The lowest BCUT2D eigenvalue weighted by atomic mass is 10.2. The monoisotopic (exact) mass is 299 g/mol. The average molecular weight is 299 g/mol. The van der Waals surface area contributed by atoms with Crippen molar-refractivity contribution in [3.8, 4) is 0 Å². The molecular formula is C15H17N5S. The van der Waals surface area contributed by atoms with Gasteiger partial charge in [-0.2, -0.15) is 4.98 Å². The number of aromatic nitrogens is 2. The Hall–Kier alpha value is -2.18. The maximum Gasteiger partial charge on any atom is 0.240 e. The van der Waals surface area contributed by atoms with Gasteiger partial charge in [-0.15, -0.1) is 11.3 Å². The largest absolute Gasteiger partial charge is 0.340 e. The molecule has 4 N–H and O–H groups in total. The molecule has 21 heavy (non-hydrogen) atoms. The first-order chi connectivity index (χ1) is 10.2. The Labute approximate surface area is 127 Å². The molecule has 0 amide bonds. The number of nitrogens with two attached hydrogens (primary N) is 1. The molecule has 0 radical (unpaired) electrons. The van der Waals surface area contributed by atoms with Crippen molar-refractivity contribution >= 4 is 39.0 Å². The normalized spacial score (nSPS) is 10.8. The molecule has 0 saturated carbocycles. The number of aryl methyl sites for hydroxylation is 2. The molecule has 3 rings (SSSR count). The molecule has 3 aromatic rings. The fraction of sp³-hybridized carbons (Fsp3) is 0.200. The van der Waals surface area contributed by atoms with E-state index in [1.54, 1.807) is 11.3 Å². The summed E-state index contributed by atoms with van der Waals surface area (Å²) >= 11 is 1.67. The molecule has 0 spiro atoms. The Balaban J connectivity index is 2.06. The lowest BCUT2D eigenvalue weighted by Gasteiger charge is -2.08. The highest BCUT2D eigenvalue weighted by atomic mass is 32.1. The Bertz CT molecular complexity index is 764. The summed E-state index contributed by atoms with van der Waals surface area (Å²) in [5.41, 5.74) is 4.74. The highest BCUT2D eigenvalue weighted by Gasteiger charge is 2.11. The summed E-state index contributed by atoms with van der Waals surface area (Å²) in [6.45, 7) is 4.20. The van der Waals surface area contributed by atoms with Crippen molar-refractivity contribution in [3.05, 3.63) is 40.8 Å². The van der Waals surface area contributed by atoms with E-state index >= 15 is 0 Å². The second-order valence-electron chi connectivity index (χ2n) is 4.82. The standard InChI is InChI=1S/C15H17N5S/c1-3-11-8-12-13(17-10-6-4-9(2)5-7-10)18-15(20-16)19-14(12)21-11/h4-8H,3,16H2,1-2H3,(H2,17,18,19,20). The zero-order valence-corrected chi connectivity index (χ0v) is 12.8. The van der Waals surface area contributed by atoms with Crippen LogP contribution < -0.4 is 16.6 Å². The van der Waals surface area contributed by atoms with Crippen molar-refractivity contribution < 1.29 is 0 Å². The van der Waals surface area contributed by atoms with E-state index in [1.807, 2.05) is 12.1 Å². The molecule has 2 aromatic heterocycles.